The van der Waals surface area contributed by atoms with Crippen LogP contribution in [0.15, 0.2) is 52.0 Å². The standard InChI is InChI=1S/C26H32N8O3S2/c1-2-38-25-29-22-15-21(39-26(36)37-31-30-27)3-4-23(22)34(25)20-8-13-33(14-9-20)24(35)19-6-11-32(12-7-19)17-18-5-10-28-16-18/h3-5,10,15-16,19-20,28H,2,6-9,11-14,17H2,1H3. The summed E-state index contributed by atoms with van der Waals surface area (Å²) >= 11 is 2.54. The third kappa shape index (κ3) is 6.55. The Hall–Kier alpha value is -3.12. The van der Waals surface area contributed by atoms with Gasteiger partial charge in [-0.1, -0.05) is 18.7 Å². The van der Waals surface area contributed by atoms with Gasteiger partial charge in [-0.25, -0.2) is 9.78 Å². The van der Waals surface area contributed by atoms with Crippen molar-refractivity contribution in [2.24, 2.45) is 11.2 Å². The van der Waals surface area contributed by atoms with E-state index < -0.39 is 5.30 Å². The Bertz CT molecular complexity index is 1340. The van der Waals surface area contributed by atoms with E-state index in [1.807, 2.05) is 30.6 Å². The zero-order valence-corrected chi connectivity index (χ0v) is 23.5. The number of piperidine rings is 2. The van der Waals surface area contributed by atoms with Crippen LogP contribution in [0.2, 0.25) is 0 Å². The largest absolute Gasteiger partial charge is 0.383 e. The molecule has 1 N–H and O–H groups in total. The average molecular weight is 569 g/mol. The van der Waals surface area contributed by atoms with Crippen LogP contribution in [0.5, 0.6) is 0 Å². The highest BCUT2D eigenvalue weighted by atomic mass is 32.2. The number of carbonyl (C=O) groups is 2. The summed E-state index contributed by atoms with van der Waals surface area (Å²) in [4.78, 5) is 45.2. The van der Waals surface area contributed by atoms with Gasteiger partial charge in [-0.3, -0.25) is 9.69 Å². The fourth-order valence-corrected chi connectivity index (χ4v) is 6.90. The summed E-state index contributed by atoms with van der Waals surface area (Å²) in [5, 5.41) is 3.11. The van der Waals surface area contributed by atoms with Crippen LogP contribution >= 0.6 is 23.5 Å². The summed E-state index contributed by atoms with van der Waals surface area (Å²) in [5.41, 5.74) is 11.4. The van der Waals surface area contributed by atoms with E-state index in [9.17, 15) is 9.59 Å². The van der Waals surface area contributed by atoms with Crippen molar-refractivity contribution in [1.29, 1.82) is 0 Å². The van der Waals surface area contributed by atoms with Crippen molar-refractivity contribution in [1.82, 2.24) is 24.3 Å². The quantitative estimate of drug-likeness (QED) is 0.116. The summed E-state index contributed by atoms with van der Waals surface area (Å²) in [6, 6.07) is 8.05. The van der Waals surface area contributed by atoms with Crippen molar-refractivity contribution < 1.29 is 14.4 Å². The van der Waals surface area contributed by atoms with E-state index in [0.29, 0.717) is 10.8 Å². The molecule has 2 fully saturated rings. The molecule has 0 aliphatic carbocycles. The van der Waals surface area contributed by atoms with Crippen molar-refractivity contribution >= 4 is 45.8 Å². The first-order chi connectivity index (χ1) is 19.1. The molecule has 0 spiro atoms. The highest BCUT2D eigenvalue weighted by molar-refractivity contribution is 8.13. The van der Waals surface area contributed by atoms with E-state index in [2.05, 4.69) is 47.4 Å². The predicted molar refractivity (Wildman–Crippen MR) is 151 cm³/mol. The van der Waals surface area contributed by atoms with Crippen LogP contribution in [0, 0.1) is 5.92 Å². The molecule has 2 aliphatic heterocycles. The number of azide groups is 1. The van der Waals surface area contributed by atoms with Crippen molar-refractivity contribution in [3.8, 4) is 0 Å². The van der Waals surface area contributed by atoms with E-state index in [1.165, 1.54) is 5.56 Å². The van der Waals surface area contributed by atoms with E-state index in [4.69, 9.17) is 10.5 Å². The first-order valence-electron chi connectivity index (χ1n) is 13.3. The maximum atomic E-state index is 13.4. The Morgan fingerprint density at radius 1 is 1.18 bits per heavy atom. The number of nitrogens with zero attached hydrogens (tertiary/aromatic N) is 7. The zero-order valence-electron chi connectivity index (χ0n) is 21.9. The third-order valence-electron chi connectivity index (χ3n) is 7.40. The lowest BCUT2D eigenvalue weighted by Gasteiger charge is -2.38. The lowest BCUT2D eigenvalue weighted by Crippen LogP contribution is -2.45. The van der Waals surface area contributed by atoms with Crippen LogP contribution in [-0.2, 0) is 16.2 Å². The second-order valence-corrected chi connectivity index (χ2v) is 12.0. The number of imidazole rings is 1. The molecular weight excluding hydrogens is 536 g/mol. The molecule has 206 valence electrons. The first-order valence-corrected chi connectivity index (χ1v) is 15.1. The van der Waals surface area contributed by atoms with Crippen LogP contribution in [-0.4, -0.2) is 67.5 Å². The number of likely N-dealkylation sites (tertiary alicyclic amines) is 2. The van der Waals surface area contributed by atoms with E-state index >= 15 is 0 Å². The number of thioether (sulfide) groups is 2. The van der Waals surface area contributed by atoms with Crippen LogP contribution in [0.25, 0.3) is 21.5 Å². The number of H-pyrrole nitrogens is 1. The van der Waals surface area contributed by atoms with Gasteiger partial charge < -0.3 is 19.3 Å². The van der Waals surface area contributed by atoms with E-state index in [1.54, 1.807) is 11.8 Å². The number of aromatic nitrogens is 3. The minimum Gasteiger partial charge on any atom is -0.367 e. The third-order valence-corrected chi connectivity index (χ3v) is 8.97. The molecule has 3 aromatic rings. The van der Waals surface area contributed by atoms with E-state index in [0.717, 1.165) is 92.1 Å². The Balaban J connectivity index is 1.20. The lowest BCUT2D eigenvalue weighted by molar-refractivity contribution is -0.138. The van der Waals surface area contributed by atoms with Crippen molar-refractivity contribution in [3.05, 3.63) is 52.7 Å². The minimum absolute atomic E-state index is 0.116. The van der Waals surface area contributed by atoms with Gasteiger partial charge in [0.25, 0.3) is 0 Å². The molecule has 2 saturated heterocycles. The summed E-state index contributed by atoms with van der Waals surface area (Å²) in [6.07, 6.45) is 7.60. The molecule has 0 atom stereocenters. The Kier molecular flexibility index (Phi) is 9.02. The molecule has 39 heavy (non-hydrogen) atoms. The topological polar surface area (TPSA) is 132 Å². The van der Waals surface area contributed by atoms with Gasteiger partial charge in [0, 0.05) is 53.8 Å². The first kappa shape index (κ1) is 27.4. The second kappa shape index (κ2) is 12.8. The number of carbonyl (C=O) groups excluding carboxylic acids is 2. The van der Waals surface area contributed by atoms with Crippen molar-refractivity contribution in [2.45, 2.75) is 55.2 Å². The number of rotatable bonds is 8. The molecule has 0 bridgehead atoms. The number of nitrogens with one attached hydrogen (secondary N) is 1. The molecule has 13 heteroatoms. The SMILES string of the molecule is CCSc1nc2cc(SC(=O)ON=[N+]=[N-])ccc2n1C1CCN(C(=O)C2CCN(Cc3cc[nH]c3)CC2)CC1. The fraction of sp³-hybridized carbons (Fsp3) is 0.500. The highest BCUT2D eigenvalue weighted by Crippen LogP contribution is 2.35. The maximum Gasteiger partial charge on any atom is 0.383 e. The van der Waals surface area contributed by atoms with Gasteiger partial charge in [0.1, 0.15) is 5.28 Å². The molecule has 2 aliphatic rings. The Labute approximate surface area is 235 Å². The number of hydrogen-bond acceptors (Lipinski definition) is 8. The maximum absolute atomic E-state index is 13.4. The monoisotopic (exact) mass is 568 g/mol. The predicted octanol–water partition coefficient (Wildman–Crippen LogP) is 6.01. The van der Waals surface area contributed by atoms with Gasteiger partial charge in [-0.2, -0.15) is 0 Å². The number of benzene rings is 1. The normalized spacial score (nSPS) is 17.3. The molecule has 4 heterocycles. The number of amides is 1. The molecular formula is C26H32N8O3S2. The molecule has 5 rings (SSSR count). The fourth-order valence-electron chi connectivity index (χ4n) is 5.53. The molecule has 0 radical (unpaired) electrons. The smallest absolute Gasteiger partial charge is 0.367 e. The van der Waals surface area contributed by atoms with Crippen LogP contribution in [0.3, 0.4) is 0 Å². The van der Waals surface area contributed by atoms with Gasteiger partial charge in [0.05, 0.1) is 11.0 Å². The van der Waals surface area contributed by atoms with Gasteiger partial charge in [-0.15, -0.1) is 0 Å². The number of fused-ring (bicyclic) bond motifs is 1. The summed E-state index contributed by atoms with van der Waals surface area (Å²) < 4.78 is 2.30. The van der Waals surface area contributed by atoms with Gasteiger partial charge in [0.2, 0.25) is 5.91 Å². The van der Waals surface area contributed by atoms with Crippen LogP contribution in [0.1, 0.15) is 44.2 Å². The number of aromatic amines is 1. The van der Waals surface area contributed by atoms with Crippen molar-refractivity contribution in [3.63, 3.8) is 0 Å². The van der Waals surface area contributed by atoms with Gasteiger partial charge in [0.15, 0.2) is 5.16 Å². The zero-order chi connectivity index (χ0) is 27.2. The summed E-state index contributed by atoms with van der Waals surface area (Å²) in [5.74, 6) is 1.32. The van der Waals surface area contributed by atoms with Crippen LogP contribution < -0.4 is 0 Å². The van der Waals surface area contributed by atoms with E-state index in [-0.39, 0.29) is 12.0 Å². The Morgan fingerprint density at radius 3 is 2.67 bits per heavy atom. The molecule has 11 nitrogen and oxygen atoms in total. The molecule has 1 aromatic carbocycles. The van der Waals surface area contributed by atoms with Crippen molar-refractivity contribution in [2.75, 3.05) is 31.9 Å². The minimum atomic E-state index is -0.696. The molecule has 0 unspecified atom stereocenters. The number of hydrogen-bond donors (Lipinski definition) is 1. The molecule has 0 saturated carbocycles. The Morgan fingerprint density at radius 2 is 1.97 bits per heavy atom. The lowest BCUT2D eigenvalue weighted by atomic mass is 9.93. The molecule has 1 amide bonds. The highest BCUT2D eigenvalue weighted by Gasteiger charge is 2.32. The van der Waals surface area contributed by atoms with Gasteiger partial charge >= 0.3 is 5.30 Å². The van der Waals surface area contributed by atoms with Gasteiger partial charge in [-0.05, 0) is 91.6 Å². The average Bonchev–Trinajstić information content (AvgIpc) is 3.59. The summed E-state index contributed by atoms with van der Waals surface area (Å²) in [6.45, 7) is 6.46. The second-order valence-electron chi connectivity index (χ2n) is 9.79. The molecule has 2 aromatic heterocycles. The van der Waals surface area contributed by atoms with Crippen LogP contribution in [0.4, 0.5) is 4.79 Å². The summed E-state index contributed by atoms with van der Waals surface area (Å²) in [7, 11) is 0.